The Bertz CT molecular complexity index is 3910. The molecule has 13 aromatic rings. The van der Waals surface area contributed by atoms with Crippen LogP contribution in [0, 0.1) is 0 Å². The van der Waals surface area contributed by atoms with Gasteiger partial charge in [0.1, 0.15) is 11.2 Å². The van der Waals surface area contributed by atoms with Crippen LogP contribution in [0.2, 0.25) is 0 Å². The monoisotopic (exact) mass is 722 g/mol. The first-order chi connectivity index (χ1) is 28.3. The minimum Gasteiger partial charge on any atom is -0.456 e. The summed E-state index contributed by atoms with van der Waals surface area (Å²) in [4.78, 5) is 0. The molecule has 57 heavy (non-hydrogen) atoms. The number of aromatic nitrogens is 2. The molecule has 262 valence electrons. The van der Waals surface area contributed by atoms with Crippen molar-refractivity contribution in [2.24, 2.45) is 0 Å². The lowest BCUT2D eigenvalue weighted by molar-refractivity contribution is 0.669. The molecule has 0 saturated carbocycles. The van der Waals surface area contributed by atoms with Crippen molar-refractivity contribution in [1.82, 2.24) is 9.13 Å². The first kappa shape index (κ1) is 29.7. The van der Waals surface area contributed by atoms with E-state index in [2.05, 4.69) is 191 Å². The SMILES string of the molecule is c1ccc(-n2c3cccc4c3c3c5c(ccc32)ccc2c5c3c-4c(-c4ccc5oc6cc7ccccc7cc6c5c4)ccc3n2-c2cccc3ccccc23)cc1. The summed E-state index contributed by atoms with van der Waals surface area (Å²) in [6.07, 6.45) is 0. The summed E-state index contributed by atoms with van der Waals surface area (Å²) in [5.41, 5.74) is 14.0. The lowest BCUT2D eigenvalue weighted by atomic mass is 9.89. The Balaban J connectivity index is 1.19. The Kier molecular flexibility index (Phi) is 5.51. The summed E-state index contributed by atoms with van der Waals surface area (Å²) < 4.78 is 11.5. The fourth-order valence-corrected chi connectivity index (χ4v) is 10.4. The normalized spacial score (nSPS) is 12.6. The maximum absolute atomic E-state index is 6.51. The van der Waals surface area contributed by atoms with Gasteiger partial charge in [-0.2, -0.15) is 0 Å². The van der Waals surface area contributed by atoms with Crippen molar-refractivity contribution in [2.45, 2.75) is 0 Å². The largest absolute Gasteiger partial charge is 0.456 e. The van der Waals surface area contributed by atoms with Crippen molar-refractivity contribution in [3.8, 4) is 33.6 Å². The summed E-state index contributed by atoms with van der Waals surface area (Å²) in [5, 5.41) is 14.9. The molecule has 0 radical (unpaired) electrons. The molecule has 0 fully saturated rings. The second kappa shape index (κ2) is 10.6. The zero-order chi connectivity index (χ0) is 36.9. The van der Waals surface area contributed by atoms with Gasteiger partial charge in [0.2, 0.25) is 0 Å². The van der Waals surface area contributed by atoms with Crippen LogP contribution in [0.3, 0.4) is 0 Å². The van der Waals surface area contributed by atoms with E-state index in [1.54, 1.807) is 0 Å². The van der Waals surface area contributed by atoms with Gasteiger partial charge in [-0.15, -0.1) is 0 Å². The van der Waals surface area contributed by atoms with Crippen molar-refractivity contribution < 1.29 is 4.42 Å². The highest BCUT2D eigenvalue weighted by atomic mass is 16.3. The molecule has 1 aliphatic rings. The average molecular weight is 723 g/mol. The lowest BCUT2D eigenvalue weighted by Gasteiger charge is -2.16. The zero-order valence-electron chi connectivity index (χ0n) is 30.6. The van der Waals surface area contributed by atoms with Gasteiger partial charge in [0.15, 0.2) is 0 Å². The van der Waals surface area contributed by atoms with Crippen LogP contribution in [0.5, 0.6) is 0 Å². The van der Waals surface area contributed by atoms with Gasteiger partial charge in [-0.1, -0.05) is 115 Å². The lowest BCUT2D eigenvalue weighted by Crippen LogP contribution is -1.96. The van der Waals surface area contributed by atoms with Gasteiger partial charge in [-0.05, 0) is 105 Å². The molecule has 0 atom stereocenters. The summed E-state index contributed by atoms with van der Waals surface area (Å²) in [5.74, 6) is 0. The number of furan rings is 1. The maximum Gasteiger partial charge on any atom is 0.136 e. The highest BCUT2D eigenvalue weighted by molar-refractivity contribution is 6.39. The topological polar surface area (TPSA) is 23.0 Å². The van der Waals surface area contributed by atoms with Crippen molar-refractivity contribution in [2.75, 3.05) is 0 Å². The van der Waals surface area contributed by atoms with Gasteiger partial charge in [0, 0.05) is 54.3 Å². The van der Waals surface area contributed by atoms with E-state index in [4.69, 9.17) is 4.42 Å². The molecule has 14 rings (SSSR count). The van der Waals surface area contributed by atoms with Gasteiger partial charge in [-0.25, -0.2) is 0 Å². The number of fused-ring (bicyclic) bond motifs is 6. The first-order valence-corrected chi connectivity index (χ1v) is 19.7. The second-order valence-electron chi connectivity index (χ2n) is 15.6. The Hall–Kier alpha value is -7.62. The van der Waals surface area contributed by atoms with E-state index in [0.717, 1.165) is 21.9 Å². The van der Waals surface area contributed by atoms with E-state index in [1.807, 2.05) is 0 Å². The average Bonchev–Trinajstić information content (AvgIpc) is 3.89. The van der Waals surface area contributed by atoms with Crippen molar-refractivity contribution in [3.63, 3.8) is 0 Å². The van der Waals surface area contributed by atoms with E-state index in [1.165, 1.54) is 110 Å². The Morgan fingerprint density at radius 3 is 1.88 bits per heavy atom. The summed E-state index contributed by atoms with van der Waals surface area (Å²) in [7, 11) is 0. The minimum absolute atomic E-state index is 0.904. The van der Waals surface area contributed by atoms with Crippen LogP contribution in [0.4, 0.5) is 0 Å². The van der Waals surface area contributed by atoms with E-state index < -0.39 is 0 Å². The minimum atomic E-state index is 0.904. The third-order valence-electron chi connectivity index (χ3n) is 12.8. The fraction of sp³-hybridized carbons (Fsp3) is 0. The van der Waals surface area contributed by atoms with Gasteiger partial charge in [-0.3, -0.25) is 0 Å². The van der Waals surface area contributed by atoms with E-state index in [9.17, 15) is 0 Å². The Morgan fingerprint density at radius 2 is 1.00 bits per heavy atom. The van der Waals surface area contributed by atoms with Gasteiger partial charge < -0.3 is 13.6 Å². The van der Waals surface area contributed by atoms with Crippen LogP contribution in [-0.4, -0.2) is 9.13 Å². The molecular formula is C54H30N2O. The number of hydrogen-bond acceptors (Lipinski definition) is 1. The molecule has 3 heterocycles. The van der Waals surface area contributed by atoms with Crippen molar-refractivity contribution in [3.05, 3.63) is 182 Å². The smallest absolute Gasteiger partial charge is 0.136 e. The molecule has 0 spiro atoms. The molecule has 0 saturated heterocycles. The van der Waals surface area contributed by atoms with Gasteiger partial charge in [0.25, 0.3) is 0 Å². The molecule has 0 N–H and O–H groups in total. The maximum atomic E-state index is 6.51. The molecular weight excluding hydrogens is 693 g/mol. The number of para-hydroxylation sites is 1. The van der Waals surface area contributed by atoms with E-state index in [-0.39, 0.29) is 0 Å². The van der Waals surface area contributed by atoms with Crippen LogP contribution in [0.25, 0.3) is 131 Å². The fourth-order valence-electron chi connectivity index (χ4n) is 10.4. The van der Waals surface area contributed by atoms with Crippen LogP contribution < -0.4 is 0 Å². The third-order valence-corrected chi connectivity index (χ3v) is 12.8. The van der Waals surface area contributed by atoms with Gasteiger partial charge >= 0.3 is 0 Å². The van der Waals surface area contributed by atoms with Crippen molar-refractivity contribution >= 4 is 97.9 Å². The van der Waals surface area contributed by atoms with Gasteiger partial charge in [0.05, 0.1) is 27.8 Å². The molecule has 0 amide bonds. The molecule has 3 aromatic heterocycles. The van der Waals surface area contributed by atoms with E-state index >= 15 is 0 Å². The summed E-state index contributed by atoms with van der Waals surface area (Å²) in [6, 6.07) is 67.1. The molecule has 0 bridgehead atoms. The van der Waals surface area contributed by atoms with E-state index in [0.29, 0.717) is 0 Å². The summed E-state index contributed by atoms with van der Waals surface area (Å²) in [6.45, 7) is 0. The predicted molar refractivity (Wildman–Crippen MR) is 239 cm³/mol. The molecule has 0 unspecified atom stereocenters. The standard InChI is InChI=1S/C54H30N2O/c1-2-14-36(15-3-1)55-43-19-9-17-39-50-38(35-22-27-47-40(29-35)41-28-33-11-4-5-12-34(33)30-48(41)57-47)23-26-46-54(50)53-45(25-21-32-20-24-44(55)52(49(32)53)51(39)43)56(46)42-18-8-13-31-10-6-7-16-37(31)42/h1-30H. The van der Waals surface area contributed by atoms with Crippen molar-refractivity contribution in [1.29, 1.82) is 0 Å². The second-order valence-corrected chi connectivity index (χ2v) is 15.6. The first-order valence-electron chi connectivity index (χ1n) is 19.7. The van der Waals surface area contributed by atoms with Crippen LogP contribution >= 0.6 is 0 Å². The zero-order valence-corrected chi connectivity index (χ0v) is 30.6. The number of rotatable bonds is 3. The molecule has 3 heteroatoms. The number of benzene rings is 10. The summed E-state index contributed by atoms with van der Waals surface area (Å²) >= 11 is 0. The number of nitrogens with zero attached hydrogens (tertiary/aromatic N) is 2. The molecule has 1 aliphatic carbocycles. The molecule has 10 aromatic carbocycles. The molecule has 0 aliphatic heterocycles. The third kappa shape index (κ3) is 3.76. The van der Waals surface area contributed by atoms with Crippen LogP contribution in [0.15, 0.2) is 186 Å². The van der Waals surface area contributed by atoms with Crippen LogP contribution in [-0.2, 0) is 0 Å². The van der Waals surface area contributed by atoms with Crippen LogP contribution in [0.1, 0.15) is 0 Å². The predicted octanol–water partition coefficient (Wildman–Crippen LogP) is 14.9. The molecule has 3 nitrogen and oxygen atoms in total. The quantitative estimate of drug-likeness (QED) is 0.178. The highest BCUT2D eigenvalue weighted by Crippen LogP contribution is 2.54. The number of hydrogen-bond donors (Lipinski definition) is 0. The Morgan fingerprint density at radius 1 is 0.333 bits per heavy atom. The highest BCUT2D eigenvalue weighted by Gasteiger charge is 2.29. The Labute approximate surface area is 325 Å².